The molecule has 0 atom stereocenters. The predicted molar refractivity (Wildman–Crippen MR) is 99.3 cm³/mol. The Morgan fingerprint density at radius 2 is 2.00 bits per heavy atom. The van der Waals surface area contributed by atoms with E-state index in [1.54, 1.807) is 25.1 Å². The second-order valence-corrected chi connectivity index (χ2v) is 6.06. The molecule has 0 aliphatic rings. The first-order valence-corrected chi connectivity index (χ1v) is 8.38. The summed E-state index contributed by atoms with van der Waals surface area (Å²) in [5.74, 6) is 0.535. The zero-order valence-electron chi connectivity index (χ0n) is 14.6. The van der Waals surface area contributed by atoms with Crippen LogP contribution in [0.1, 0.15) is 42.6 Å². The van der Waals surface area contributed by atoms with E-state index in [-0.39, 0.29) is 5.97 Å². The van der Waals surface area contributed by atoms with Gasteiger partial charge in [0.25, 0.3) is 0 Å². The maximum atomic E-state index is 11.9. The molecule has 25 heavy (non-hydrogen) atoms. The summed E-state index contributed by atoms with van der Waals surface area (Å²) in [6.45, 7) is 6.43. The number of carbonyl (C=O) groups excluding carboxylic acids is 1. The van der Waals surface area contributed by atoms with E-state index in [0.29, 0.717) is 24.0 Å². The number of nitrogens with one attached hydrogen (secondary N) is 1. The minimum Gasteiger partial charge on any atom is -0.462 e. The van der Waals surface area contributed by atoms with Crippen LogP contribution >= 0.6 is 0 Å². The summed E-state index contributed by atoms with van der Waals surface area (Å²) in [5, 5.41) is 4.18. The molecule has 1 aromatic heterocycles. The molecular weight excluding hydrogens is 314 g/mol. The first kappa shape index (κ1) is 16.9. The standard InChI is InChI=1S/C20H21N3O2/c1-4-25-19(24)14-7-5-9-16(11-14)22-20-21-12-15-8-6-10-17(13(2)3)18(15)23-20/h5-13H,4H2,1-3H3,(H,21,22,23). The van der Waals surface area contributed by atoms with Gasteiger partial charge in [0.15, 0.2) is 0 Å². The Bertz CT molecular complexity index is 906. The number of nitrogens with zero attached hydrogens (tertiary/aromatic N) is 2. The quantitative estimate of drug-likeness (QED) is 0.686. The van der Waals surface area contributed by atoms with E-state index in [1.807, 2.05) is 24.4 Å². The van der Waals surface area contributed by atoms with Crippen LogP contribution in [0, 0.1) is 0 Å². The van der Waals surface area contributed by atoms with Gasteiger partial charge in [-0.2, -0.15) is 0 Å². The average Bonchev–Trinajstić information content (AvgIpc) is 2.61. The highest BCUT2D eigenvalue weighted by molar-refractivity contribution is 5.90. The molecular formula is C20H21N3O2. The van der Waals surface area contributed by atoms with Gasteiger partial charge >= 0.3 is 5.97 Å². The number of esters is 1. The Morgan fingerprint density at radius 3 is 2.76 bits per heavy atom. The smallest absolute Gasteiger partial charge is 0.338 e. The molecule has 0 saturated heterocycles. The molecule has 0 radical (unpaired) electrons. The van der Waals surface area contributed by atoms with Crippen molar-refractivity contribution >= 4 is 28.5 Å². The van der Waals surface area contributed by atoms with Crippen LogP contribution in [0.5, 0.6) is 0 Å². The van der Waals surface area contributed by atoms with E-state index in [0.717, 1.165) is 16.6 Å². The maximum Gasteiger partial charge on any atom is 0.338 e. The van der Waals surface area contributed by atoms with Crippen LogP contribution in [-0.2, 0) is 4.74 Å². The SMILES string of the molecule is CCOC(=O)c1cccc(Nc2ncc3cccc(C(C)C)c3n2)c1. The van der Waals surface area contributed by atoms with E-state index in [1.165, 1.54) is 5.56 Å². The molecule has 5 heteroatoms. The Kier molecular flexibility index (Phi) is 4.93. The summed E-state index contributed by atoms with van der Waals surface area (Å²) in [6.07, 6.45) is 1.81. The van der Waals surface area contributed by atoms with Crippen molar-refractivity contribution in [3.8, 4) is 0 Å². The van der Waals surface area contributed by atoms with E-state index in [4.69, 9.17) is 4.74 Å². The number of benzene rings is 2. The van der Waals surface area contributed by atoms with E-state index in [9.17, 15) is 4.79 Å². The monoisotopic (exact) mass is 335 g/mol. The van der Waals surface area contributed by atoms with Gasteiger partial charge in [-0.05, 0) is 36.6 Å². The zero-order valence-corrected chi connectivity index (χ0v) is 14.6. The molecule has 0 saturated carbocycles. The number of para-hydroxylation sites is 1. The van der Waals surface area contributed by atoms with Gasteiger partial charge in [-0.25, -0.2) is 14.8 Å². The van der Waals surface area contributed by atoms with Gasteiger partial charge in [-0.1, -0.05) is 38.1 Å². The number of aromatic nitrogens is 2. The van der Waals surface area contributed by atoms with E-state index < -0.39 is 0 Å². The lowest BCUT2D eigenvalue weighted by Crippen LogP contribution is -2.05. The molecule has 128 valence electrons. The summed E-state index contributed by atoms with van der Waals surface area (Å²) in [6, 6.07) is 13.2. The van der Waals surface area contributed by atoms with E-state index in [2.05, 4.69) is 35.2 Å². The second kappa shape index (κ2) is 7.30. The Morgan fingerprint density at radius 1 is 1.20 bits per heavy atom. The minimum atomic E-state index is -0.340. The summed E-state index contributed by atoms with van der Waals surface area (Å²) in [4.78, 5) is 20.9. The van der Waals surface area contributed by atoms with E-state index >= 15 is 0 Å². The molecule has 0 aliphatic carbocycles. The molecule has 3 rings (SSSR count). The largest absolute Gasteiger partial charge is 0.462 e. The molecule has 0 unspecified atom stereocenters. The topological polar surface area (TPSA) is 64.1 Å². The highest BCUT2D eigenvalue weighted by Crippen LogP contribution is 2.25. The average molecular weight is 335 g/mol. The van der Waals surface area contributed by atoms with Crippen molar-refractivity contribution in [2.45, 2.75) is 26.7 Å². The fraction of sp³-hybridized carbons (Fsp3) is 0.250. The summed E-state index contributed by atoms with van der Waals surface area (Å²) in [5.41, 5.74) is 3.36. The number of ether oxygens (including phenoxy) is 1. The molecule has 2 aromatic carbocycles. The highest BCUT2D eigenvalue weighted by Gasteiger charge is 2.10. The number of anilines is 2. The number of rotatable bonds is 5. The lowest BCUT2D eigenvalue weighted by atomic mass is 10.0. The Hall–Kier alpha value is -2.95. The first-order valence-electron chi connectivity index (χ1n) is 8.38. The third-order valence-electron chi connectivity index (χ3n) is 3.89. The summed E-state index contributed by atoms with van der Waals surface area (Å²) in [7, 11) is 0. The molecule has 0 spiro atoms. The number of carbonyl (C=O) groups is 1. The molecule has 3 aromatic rings. The Balaban J connectivity index is 1.92. The van der Waals surface area contributed by atoms with Gasteiger partial charge in [0.2, 0.25) is 5.95 Å². The number of hydrogen-bond donors (Lipinski definition) is 1. The normalized spacial score (nSPS) is 10.9. The van der Waals surface area contributed by atoms with Gasteiger partial charge in [-0.15, -0.1) is 0 Å². The second-order valence-electron chi connectivity index (χ2n) is 6.06. The summed E-state index contributed by atoms with van der Waals surface area (Å²) < 4.78 is 5.03. The molecule has 0 amide bonds. The predicted octanol–water partition coefficient (Wildman–Crippen LogP) is 4.67. The molecule has 0 aliphatic heterocycles. The molecule has 1 N–H and O–H groups in total. The van der Waals surface area contributed by atoms with Crippen molar-refractivity contribution in [1.82, 2.24) is 9.97 Å². The maximum absolute atomic E-state index is 11.9. The highest BCUT2D eigenvalue weighted by atomic mass is 16.5. The van der Waals surface area contributed by atoms with Crippen molar-refractivity contribution in [3.05, 3.63) is 59.8 Å². The fourth-order valence-electron chi connectivity index (χ4n) is 2.67. The van der Waals surface area contributed by atoms with Crippen molar-refractivity contribution < 1.29 is 9.53 Å². The van der Waals surface area contributed by atoms with Crippen molar-refractivity contribution in [2.24, 2.45) is 0 Å². The van der Waals surface area contributed by atoms with Crippen molar-refractivity contribution in [3.63, 3.8) is 0 Å². The van der Waals surface area contributed by atoms with Gasteiger partial charge < -0.3 is 10.1 Å². The van der Waals surface area contributed by atoms with Crippen LogP contribution in [-0.4, -0.2) is 22.5 Å². The van der Waals surface area contributed by atoms with Crippen LogP contribution in [0.15, 0.2) is 48.7 Å². The molecule has 1 heterocycles. The number of hydrogen-bond acceptors (Lipinski definition) is 5. The molecule has 5 nitrogen and oxygen atoms in total. The minimum absolute atomic E-state index is 0.340. The zero-order chi connectivity index (χ0) is 17.8. The lowest BCUT2D eigenvalue weighted by molar-refractivity contribution is 0.0526. The van der Waals surface area contributed by atoms with Crippen LogP contribution in [0.3, 0.4) is 0 Å². The van der Waals surface area contributed by atoms with Gasteiger partial charge in [0.1, 0.15) is 0 Å². The Labute approximate surface area is 147 Å². The summed E-state index contributed by atoms with van der Waals surface area (Å²) >= 11 is 0. The first-order chi connectivity index (χ1) is 12.1. The van der Waals surface area contributed by atoms with Gasteiger partial charge in [0.05, 0.1) is 17.7 Å². The van der Waals surface area contributed by atoms with Gasteiger partial charge in [0, 0.05) is 17.3 Å². The van der Waals surface area contributed by atoms with Crippen molar-refractivity contribution in [1.29, 1.82) is 0 Å². The van der Waals surface area contributed by atoms with Crippen LogP contribution < -0.4 is 5.32 Å². The van der Waals surface area contributed by atoms with Crippen LogP contribution in [0.25, 0.3) is 10.9 Å². The third kappa shape index (κ3) is 3.76. The molecule has 0 fully saturated rings. The fourth-order valence-corrected chi connectivity index (χ4v) is 2.67. The van der Waals surface area contributed by atoms with Crippen LogP contribution in [0.4, 0.5) is 11.6 Å². The van der Waals surface area contributed by atoms with Crippen molar-refractivity contribution in [2.75, 3.05) is 11.9 Å². The van der Waals surface area contributed by atoms with Crippen LogP contribution in [0.2, 0.25) is 0 Å². The lowest BCUT2D eigenvalue weighted by Gasteiger charge is -2.11. The number of fused-ring (bicyclic) bond motifs is 1. The molecule has 0 bridgehead atoms. The van der Waals surface area contributed by atoms with Gasteiger partial charge in [-0.3, -0.25) is 0 Å². The third-order valence-corrected chi connectivity index (χ3v) is 3.89.